The Kier molecular flexibility index (Phi) is 4.45. The summed E-state index contributed by atoms with van der Waals surface area (Å²) in [7, 11) is 0. The average Bonchev–Trinajstić information content (AvgIpc) is 2.59. The van der Waals surface area contributed by atoms with Crippen LogP contribution in [0.3, 0.4) is 0 Å². The summed E-state index contributed by atoms with van der Waals surface area (Å²) in [6, 6.07) is 0.662. The minimum absolute atomic E-state index is 0.286. The lowest BCUT2D eigenvalue weighted by atomic mass is 9.95. The first kappa shape index (κ1) is 13.3. The van der Waals surface area contributed by atoms with Crippen LogP contribution >= 0.6 is 0 Å². The van der Waals surface area contributed by atoms with Gasteiger partial charge < -0.3 is 5.73 Å². The predicted octanol–water partition coefficient (Wildman–Crippen LogP) is 1.67. The number of rotatable bonds is 3. The minimum atomic E-state index is 0.286. The molecule has 0 aromatic rings. The van der Waals surface area contributed by atoms with Crippen molar-refractivity contribution in [1.29, 1.82) is 0 Å². The molecule has 0 bridgehead atoms. The summed E-state index contributed by atoms with van der Waals surface area (Å²) in [6.07, 6.45) is 6.81. The molecule has 0 radical (unpaired) electrons. The van der Waals surface area contributed by atoms with Crippen molar-refractivity contribution < 1.29 is 0 Å². The van der Waals surface area contributed by atoms with Crippen LogP contribution in [0.2, 0.25) is 0 Å². The Morgan fingerprint density at radius 2 is 1.71 bits per heavy atom. The normalized spacial score (nSPS) is 33.2. The van der Waals surface area contributed by atoms with E-state index in [0.29, 0.717) is 6.04 Å². The van der Waals surface area contributed by atoms with E-state index in [9.17, 15) is 0 Å². The Balaban J connectivity index is 2.03. The van der Waals surface area contributed by atoms with Crippen molar-refractivity contribution in [3.05, 3.63) is 0 Å². The van der Waals surface area contributed by atoms with Gasteiger partial charge in [-0.2, -0.15) is 0 Å². The van der Waals surface area contributed by atoms with Crippen molar-refractivity contribution >= 4 is 0 Å². The monoisotopic (exact) mass is 239 g/mol. The van der Waals surface area contributed by atoms with Crippen molar-refractivity contribution in [2.75, 3.05) is 32.7 Å². The Morgan fingerprint density at radius 1 is 1.06 bits per heavy atom. The molecule has 17 heavy (non-hydrogen) atoms. The lowest BCUT2D eigenvalue weighted by Crippen LogP contribution is -2.56. The number of likely N-dealkylation sites (tertiary alicyclic amines) is 2. The maximum Gasteiger partial charge on any atom is 0.0470 e. The maximum atomic E-state index is 6.14. The molecule has 1 unspecified atom stereocenters. The highest BCUT2D eigenvalue weighted by Crippen LogP contribution is 2.30. The standard InChI is InChI=1S/C14H29N3/c1-13(2)16-10-7-14(11-15,12-16)17-8-5-3-4-6-9-17/h13H,3-12,15H2,1-2H3. The lowest BCUT2D eigenvalue weighted by molar-refractivity contribution is 0.0978. The van der Waals surface area contributed by atoms with Crippen LogP contribution in [0.1, 0.15) is 46.0 Å². The minimum Gasteiger partial charge on any atom is -0.329 e. The molecule has 2 aliphatic rings. The van der Waals surface area contributed by atoms with Crippen LogP contribution in [0.25, 0.3) is 0 Å². The quantitative estimate of drug-likeness (QED) is 0.813. The fraction of sp³-hybridized carbons (Fsp3) is 1.00. The van der Waals surface area contributed by atoms with Gasteiger partial charge in [-0.1, -0.05) is 12.8 Å². The summed E-state index contributed by atoms with van der Waals surface area (Å²) in [5.41, 5.74) is 6.43. The van der Waals surface area contributed by atoms with Gasteiger partial charge in [-0.15, -0.1) is 0 Å². The van der Waals surface area contributed by atoms with Gasteiger partial charge in [0.15, 0.2) is 0 Å². The van der Waals surface area contributed by atoms with E-state index in [1.165, 1.54) is 58.3 Å². The van der Waals surface area contributed by atoms with Crippen molar-refractivity contribution in [2.45, 2.75) is 57.5 Å². The van der Waals surface area contributed by atoms with E-state index >= 15 is 0 Å². The third kappa shape index (κ3) is 2.83. The first-order chi connectivity index (χ1) is 8.18. The van der Waals surface area contributed by atoms with E-state index < -0.39 is 0 Å². The molecule has 2 aliphatic heterocycles. The van der Waals surface area contributed by atoms with Gasteiger partial charge in [0.05, 0.1) is 0 Å². The Morgan fingerprint density at radius 3 is 2.18 bits per heavy atom. The molecule has 2 rings (SSSR count). The summed E-state index contributed by atoms with van der Waals surface area (Å²) in [5.74, 6) is 0. The van der Waals surface area contributed by atoms with Crippen molar-refractivity contribution in [1.82, 2.24) is 9.80 Å². The molecule has 2 fully saturated rings. The van der Waals surface area contributed by atoms with E-state index in [2.05, 4.69) is 23.6 Å². The van der Waals surface area contributed by atoms with Crippen LogP contribution in [0.4, 0.5) is 0 Å². The molecular weight excluding hydrogens is 210 g/mol. The lowest BCUT2D eigenvalue weighted by Gasteiger charge is -2.40. The fourth-order valence-electron chi connectivity index (χ4n) is 3.43. The molecule has 2 heterocycles. The summed E-state index contributed by atoms with van der Waals surface area (Å²) in [6.45, 7) is 10.4. The summed E-state index contributed by atoms with van der Waals surface area (Å²) in [4.78, 5) is 5.31. The molecule has 0 amide bonds. The highest BCUT2D eigenvalue weighted by molar-refractivity contribution is 5.01. The topological polar surface area (TPSA) is 32.5 Å². The highest BCUT2D eigenvalue weighted by atomic mass is 15.3. The fourth-order valence-corrected chi connectivity index (χ4v) is 3.43. The first-order valence-electron chi connectivity index (χ1n) is 7.37. The van der Waals surface area contributed by atoms with Gasteiger partial charge in [-0.3, -0.25) is 9.80 Å². The van der Waals surface area contributed by atoms with E-state index in [1.807, 2.05) is 0 Å². The number of hydrogen-bond acceptors (Lipinski definition) is 3. The molecule has 2 saturated heterocycles. The van der Waals surface area contributed by atoms with Crippen LogP contribution in [0, 0.1) is 0 Å². The largest absolute Gasteiger partial charge is 0.329 e. The molecule has 0 aliphatic carbocycles. The van der Waals surface area contributed by atoms with Crippen LogP contribution in [-0.4, -0.2) is 54.1 Å². The van der Waals surface area contributed by atoms with Crippen LogP contribution in [0.5, 0.6) is 0 Å². The molecular formula is C14H29N3. The molecule has 0 saturated carbocycles. The molecule has 2 N–H and O–H groups in total. The van der Waals surface area contributed by atoms with Crippen molar-refractivity contribution in [2.24, 2.45) is 5.73 Å². The summed E-state index contributed by atoms with van der Waals surface area (Å²) in [5, 5.41) is 0. The Hall–Kier alpha value is -0.120. The number of hydrogen-bond donors (Lipinski definition) is 1. The van der Waals surface area contributed by atoms with Crippen LogP contribution in [-0.2, 0) is 0 Å². The second kappa shape index (κ2) is 5.68. The zero-order valence-corrected chi connectivity index (χ0v) is 11.6. The molecule has 0 spiro atoms. The van der Waals surface area contributed by atoms with Gasteiger partial charge in [-0.25, -0.2) is 0 Å². The molecule has 3 nitrogen and oxygen atoms in total. The SMILES string of the molecule is CC(C)N1CCC(CN)(N2CCCCCC2)C1. The molecule has 0 aromatic heterocycles. The van der Waals surface area contributed by atoms with Gasteiger partial charge in [0, 0.05) is 31.2 Å². The number of nitrogens with two attached hydrogens (primary N) is 1. The van der Waals surface area contributed by atoms with Gasteiger partial charge >= 0.3 is 0 Å². The predicted molar refractivity (Wildman–Crippen MR) is 73.2 cm³/mol. The second-order valence-electron chi connectivity index (χ2n) is 6.14. The molecule has 3 heteroatoms. The number of nitrogens with zero attached hydrogens (tertiary/aromatic N) is 2. The van der Waals surface area contributed by atoms with Crippen LogP contribution in [0.15, 0.2) is 0 Å². The molecule has 1 atom stereocenters. The smallest absolute Gasteiger partial charge is 0.0470 e. The van der Waals surface area contributed by atoms with Gasteiger partial charge in [-0.05, 0) is 46.2 Å². The molecule has 0 aromatic carbocycles. The van der Waals surface area contributed by atoms with E-state index in [-0.39, 0.29) is 5.54 Å². The van der Waals surface area contributed by atoms with Crippen molar-refractivity contribution in [3.8, 4) is 0 Å². The average molecular weight is 239 g/mol. The zero-order chi connectivity index (χ0) is 12.3. The maximum absolute atomic E-state index is 6.14. The first-order valence-corrected chi connectivity index (χ1v) is 7.37. The summed E-state index contributed by atoms with van der Waals surface area (Å²) < 4.78 is 0. The second-order valence-corrected chi connectivity index (χ2v) is 6.14. The third-order valence-corrected chi connectivity index (χ3v) is 4.75. The van der Waals surface area contributed by atoms with Crippen molar-refractivity contribution in [3.63, 3.8) is 0 Å². The summed E-state index contributed by atoms with van der Waals surface area (Å²) >= 11 is 0. The molecule has 100 valence electrons. The highest BCUT2D eigenvalue weighted by Gasteiger charge is 2.42. The Labute approximate surface area is 106 Å². The van der Waals surface area contributed by atoms with Gasteiger partial charge in [0.1, 0.15) is 0 Å². The Bertz CT molecular complexity index is 234. The van der Waals surface area contributed by atoms with E-state index in [1.54, 1.807) is 0 Å². The van der Waals surface area contributed by atoms with Gasteiger partial charge in [0.25, 0.3) is 0 Å². The zero-order valence-electron chi connectivity index (χ0n) is 11.6. The third-order valence-electron chi connectivity index (χ3n) is 4.75. The van der Waals surface area contributed by atoms with E-state index in [0.717, 1.165) is 6.54 Å². The van der Waals surface area contributed by atoms with Gasteiger partial charge in [0.2, 0.25) is 0 Å². The van der Waals surface area contributed by atoms with Crippen LogP contribution < -0.4 is 5.73 Å². The van der Waals surface area contributed by atoms with E-state index in [4.69, 9.17) is 5.73 Å².